The number of aliphatic imine (C=N–C) groups is 1. The third kappa shape index (κ3) is 4.56. The number of rotatable bonds is 5. The highest BCUT2D eigenvalue weighted by atomic mass is 16.3. The van der Waals surface area contributed by atoms with Crippen molar-refractivity contribution in [2.24, 2.45) is 4.99 Å². The zero-order valence-corrected chi connectivity index (χ0v) is 15.6. The molecule has 3 N–H and O–H groups in total. The van der Waals surface area contributed by atoms with Crippen LogP contribution in [0.25, 0.3) is 11.0 Å². The molecular weight excluding hydrogens is 328 g/mol. The quantitative estimate of drug-likeness (QED) is 0.569. The Balaban J connectivity index is 1.48. The van der Waals surface area contributed by atoms with E-state index < -0.39 is 0 Å². The predicted octanol–water partition coefficient (Wildman–Crippen LogP) is 2.86. The zero-order chi connectivity index (χ0) is 18.4. The van der Waals surface area contributed by atoms with Crippen LogP contribution in [0.4, 0.5) is 0 Å². The lowest BCUT2D eigenvalue weighted by Gasteiger charge is -2.23. The number of benzene rings is 1. The summed E-state index contributed by atoms with van der Waals surface area (Å²) >= 11 is 0. The second-order valence-electron chi connectivity index (χ2n) is 6.83. The van der Waals surface area contributed by atoms with Gasteiger partial charge in [-0.3, -0.25) is 9.79 Å². The van der Waals surface area contributed by atoms with Gasteiger partial charge in [0.15, 0.2) is 5.96 Å². The molecule has 0 aliphatic heterocycles. The predicted molar refractivity (Wildman–Crippen MR) is 104 cm³/mol. The monoisotopic (exact) mass is 356 g/mol. The van der Waals surface area contributed by atoms with Gasteiger partial charge in [0, 0.05) is 24.0 Å². The van der Waals surface area contributed by atoms with Crippen LogP contribution < -0.4 is 16.0 Å². The third-order valence-electron chi connectivity index (χ3n) is 4.97. The van der Waals surface area contributed by atoms with Gasteiger partial charge in [-0.2, -0.15) is 0 Å². The Bertz CT molecular complexity index is 775. The van der Waals surface area contributed by atoms with E-state index in [0.717, 1.165) is 35.1 Å². The van der Waals surface area contributed by atoms with Crippen molar-refractivity contribution in [3.8, 4) is 0 Å². The standard InChI is InChI=1S/C20H28N4O2/c1-14-16-10-6-7-11-17(16)26-18(14)12-22-20(21-2)23-13-19(25)24-15-8-4-3-5-9-15/h6-7,10-11,15H,3-5,8-9,12-13H2,1-2H3,(H,24,25)(H2,21,22,23). The number of furan rings is 1. The molecule has 1 aromatic carbocycles. The van der Waals surface area contributed by atoms with E-state index in [0.29, 0.717) is 18.5 Å². The molecule has 140 valence electrons. The molecule has 1 aliphatic carbocycles. The molecule has 0 unspecified atom stereocenters. The summed E-state index contributed by atoms with van der Waals surface area (Å²) in [6.07, 6.45) is 5.87. The van der Waals surface area contributed by atoms with Crippen molar-refractivity contribution in [3.63, 3.8) is 0 Å². The van der Waals surface area contributed by atoms with Gasteiger partial charge in [-0.25, -0.2) is 0 Å². The minimum absolute atomic E-state index is 0.0137. The van der Waals surface area contributed by atoms with Crippen molar-refractivity contribution in [3.05, 3.63) is 35.6 Å². The third-order valence-corrected chi connectivity index (χ3v) is 4.97. The van der Waals surface area contributed by atoms with Gasteiger partial charge < -0.3 is 20.4 Å². The van der Waals surface area contributed by atoms with E-state index in [2.05, 4.69) is 33.9 Å². The van der Waals surface area contributed by atoms with E-state index in [9.17, 15) is 4.79 Å². The molecule has 1 saturated carbocycles. The number of carbonyl (C=O) groups excluding carboxylic acids is 1. The number of carbonyl (C=O) groups is 1. The molecule has 0 bridgehead atoms. The Kier molecular flexibility index (Phi) is 6.15. The molecule has 6 nitrogen and oxygen atoms in total. The van der Waals surface area contributed by atoms with Gasteiger partial charge in [-0.1, -0.05) is 37.5 Å². The van der Waals surface area contributed by atoms with Crippen molar-refractivity contribution < 1.29 is 9.21 Å². The molecule has 0 spiro atoms. The SMILES string of the molecule is CN=C(NCC(=O)NC1CCCCC1)NCc1oc2ccccc2c1C. The summed E-state index contributed by atoms with van der Waals surface area (Å²) in [5.74, 6) is 1.48. The van der Waals surface area contributed by atoms with Crippen LogP contribution in [0.2, 0.25) is 0 Å². The lowest BCUT2D eigenvalue weighted by Crippen LogP contribution is -2.45. The molecule has 0 radical (unpaired) electrons. The number of amides is 1. The largest absolute Gasteiger partial charge is 0.459 e. The summed E-state index contributed by atoms with van der Waals surface area (Å²) in [7, 11) is 1.69. The first kappa shape index (κ1) is 18.3. The Morgan fingerprint density at radius 3 is 2.69 bits per heavy atom. The maximum Gasteiger partial charge on any atom is 0.239 e. The Morgan fingerprint density at radius 1 is 1.19 bits per heavy atom. The van der Waals surface area contributed by atoms with Crippen LogP contribution in [0.15, 0.2) is 33.7 Å². The molecule has 1 aromatic heterocycles. The number of nitrogens with one attached hydrogen (secondary N) is 3. The highest BCUT2D eigenvalue weighted by Gasteiger charge is 2.16. The number of guanidine groups is 1. The first-order chi connectivity index (χ1) is 12.7. The van der Waals surface area contributed by atoms with Crippen LogP contribution in [0.5, 0.6) is 0 Å². The summed E-state index contributed by atoms with van der Waals surface area (Å²) in [4.78, 5) is 16.3. The van der Waals surface area contributed by atoms with E-state index >= 15 is 0 Å². The average Bonchev–Trinajstić information content (AvgIpc) is 2.99. The van der Waals surface area contributed by atoms with Gasteiger partial charge in [-0.05, 0) is 25.8 Å². The van der Waals surface area contributed by atoms with E-state index in [1.165, 1.54) is 19.3 Å². The van der Waals surface area contributed by atoms with Crippen molar-refractivity contribution >= 4 is 22.8 Å². The van der Waals surface area contributed by atoms with Crippen molar-refractivity contribution in [1.82, 2.24) is 16.0 Å². The number of hydrogen-bond acceptors (Lipinski definition) is 3. The number of fused-ring (bicyclic) bond motifs is 1. The van der Waals surface area contributed by atoms with Gasteiger partial charge in [0.2, 0.25) is 5.91 Å². The van der Waals surface area contributed by atoms with Crippen LogP contribution in [0.1, 0.15) is 43.4 Å². The van der Waals surface area contributed by atoms with Crippen LogP contribution in [-0.4, -0.2) is 31.5 Å². The van der Waals surface area contributed by atoms with Crippen molar-refractivity contribution in [2.45, 2.75) is 51.6 Å². The molecule has 1 fully saturated rings. The van der Waals surface area contributed by atoms with Crippen molar-refractivity contribution in [2.75, 3.05) is 13.6 Å². The first-order valence-electron chi connectivity index (χ1n) is 9.38. The van der Waals surface area contributed by atoms with Crippen molar-refractivity contribution in [1.29, 1.82) is 0 Å². The van der Waals surface area contributed by atoms with Gasteiger partial charge in [-0.15, -0.1) is 0 Å². The second kappa shape index (κ2) is 8.74. The molecule has 0 atom stereocenters. The fraction of sp³-hybridized carbons (Fsp3) is 0.500. The van der Waals surface area contributed by atoms with Gasteiger partial charge in [0.25, 0.3) is 0 Å². The first-order valence-corrected chi connectivity index (χ1v) is 9.38. The average molecular weight is 356 g/mol. The number of nitrogens with zero attached hydrogens (tertiary/aromatic N) is 1. The minimum Gasteiger partial charge on any atom is -0.459 e. The fourth-order valence-electron chi connectivity index (χ4n) is 3.47. The van der Waals surface area contributed by atoms with Crippen LogP contribution in [-0.2, 0) is 11.3 Å². The van der Waals surface area contributed by atoms with E-state index in [-0.39, 0.29) is 12.5 Å². The van der Waals surface area contributed by atoms with Gasteiger partial charge in [0.05, 0.1) is 13.1 Å². The van der Waals surface area contributed by atoms with E-state index in [1.54, 1.807) is 7.05 Å². The fourth-order valence-corrected chi connectivity index (χ4v) is 3.47. The second-order valence-corrected chi connectivity index (χ2v) is 6.83. The Labute approximate surface area is 154 Å². The number of para-hydroxylation sites is 1. The molecule has 2 aromatic rings. The lowest BCUT2D eigenvalue weighted by molar-refractivity contribution is -0.120. The highest BCUT2D eigenvalue weighted by Crippen LogP contribution is 2.24. The molecule has 26 heavy (non-hydrogen) atoms. The maximum absolute atomic E-state index is 12.1. The van der Waals surface area contributed by atoms with E-state index in [1.807, 2.05) is 18.2 Å². The number of aryl methyl sites for hydroxylation is 1. The lowest BCUT2D eigenvalue weighted by atomic mass is 9.95. The van der Waals surface area contributed by atoms with Crippen LogP contribution >= 0.6 is 0 Å². The summed E-state index contributed by atoms with van der Waals surface area (Å²) in [5, 5.41) is 10.5. The highest BCUT2D eigenvalue weighted by molar-refractivity contribution is 5.86. The maximum atomic E-state index is 12.1. The molecule has 1 aliphatic rings. The molecule has 0 saturated heterocycles. The molecule has 6 heteroatoms. The summed E-state index contributed by atoms with van der Waals surface area (Å²) in [6, 6.07) is 8.32. The smallest absolute Gasteiger partial charge is 0.239 e. The summed E-state index contributed by atoms with van der Waals surface area (Å²) < 4.78 is 5.90. The van der Waals surface area contributed by atoms with Crippen LogP contribution in [0.3, 0.4) is 0 Å². The Hall–Kier alpha value is -2.50. The van der Waals surface area contributed by atoms with E-state index in [4.69, 9.17) is 4.42 Å². The number of hydrogen-bond donors (Lipinski definition) is 3. The topological polar surface area (TPSA) is 78.7 Å². The normalized spacial score (nSPS) is 15.8. The van der Waals surface area contributed by atoms with Gasteiger partial charge >= 0.3 is 0 Å². The minimum atomic E-state index is 0.0137. The van der Waals surface area contributed by atoms with Crippen LogP contribution in [0, 0.1) is 6.92 Å². The summed E-state index contributed by atoms with van der Waals surface area (Å²) in [6.45, 7) is 2.79. The molecule has 1 amide bonds. The summed E-state index contributed by atoms with van der Waals surface area (Å²) in [5.41, 5.74) is 2.01. The molecule has 3 rings (SSSR count). The molecular formula is C20H28N4O2. The Morgan fingerprint density at radius 2 is 1.96 bits per heavy atom. The zero-order valence-electron chi connectivity index (χ0n) is 15.6. The molecule has 1 heterocycles. The van der Waals surface area contributed by atoms with Gasteiger partial charge in [0.1, 0.15) is 11.3 Å².